The molecule has 0 saturated carbocycles. The minimum absolute atomic E-state index is 0.157. The zero-order chi connectivity index (χ0) is 96.7. The Balaban J connectivity index is 0.000000115. The van der Waals surface area contributed by atoms with Crippen LogP contribution in [0.15, 0.2) is 570 Å². The summed E-state index contributed by atoms with van der Waals surface area (Å²) in [5.41, 5.74) is 40.4. The Morgan fingerprint density at radius 3 is 0.759 bits per heavy atom. The summed E-state index contributed by atoms with van der Waals surface area (Å²) in [4.78, 5) is 7.18. The SMILES string of the molecule is CC1(C)c2ccccc2-c2c1cc(N(c1ccc(-c3ccccc3)cc1)c1ccc3c4ccccc4n(-c4ccc(-c5ccccc5)cc4)c3c1)c1ccccc21.c1ccc(-c2ccc(N(c3ccc(-n4c5ccccc5c5ccccc54)cc3)c3cccc(-c4ccccc4)c3)cc2)cc1.c1ccc(-c2cccc(N(c3ccc(-n4c5ccccc5c5ccccc54)cc3)c3cccc(-c4ccccc4)c3)c2)cc1. The van der Waals surface area contributed by atoms with Crippen molar-refractivity contribution in [3.8, 4) is 95.0 Å². The molecule has 3 aromatic heterocycles. The normalized spacial score (nSPS) is 11.8. The molecule has 6 heteroatoms. The summed E-state index contributed by atoms with van der Waals surface area (Å²) in [5.74, 6) is 0. The quantitative estimate of drug-likeness (QED) is 0.0856. The highest BCUT2D eigenvalue weighted by Crippen LogP contribution is 2.56. The molecule has 145 heavy (non-hydrogen) atoms. The van der Waals surface area contributed by atoms with Crippen LogP contribution >= 0.6 is 0 Å². The highest BCUT2D eigenvalue weighted by molar-refractivity contribution is 6.15. The summed E-state index contributed by atoms with van der Waals surface area (Å²) in [5, 5.41) is 10.1. The van der Waals surface area contributed by atoms with E-state index in [-0.39, 0.29) is 5.41 Å². The molecule has 0 fully saturated rings. The molecule has 0 atom stereocenters. The van der Waals surface area contributed by atoms with E-state index < -0.39 is 0 Å². The van der Waals surface area contributed by atoms with E-state index in [1.807, 2.05) is 0 Å². The molecule has 1 aliphatic carbocycles. The van der Waals surface area contributed by atoms with Crippen molar-refractivity contribution in [2.75, 3.05) is 14.7 Å². The molecule has 0 amide bonds. The van der Waals surface area contributed by atoms with Crippen molar-refractivity contribution >= 4 is 127 Å². The van der Waals surface area contributed by atoms with Gasteiger partial charge in [-0.05, 0) is 264 Å². The molecule has 0 spiro atoms. The summed E-state index contributed by atoms with van der Waals surface area (Å²) in [7, 11) is 0. The number of nitrogens with zero attached hydrogens (tertiary/aromatic N) is 6. The van der Waals surface area contributed by atoms with Gasteiger partial charge in [0.1, 0.15) is 0 Å². The first-order chi connectivity index (χ1) is 71.7. The van der Waals surface area contributed by atoms with E-state index in [0.29, 0.717) is 0 Å². The molecular formula is C139H100N6. The van der Waals surface area contributed by atoms with Crippen LogP contribution in [0.2, 0.25) is 0 Å². The van der Waals surface area contributed by atoms with Gasteiger partial charge in [0.05, 0.1) is 38.8 Å². The number of aromatic nitrogens is 3. The Kier molecular flexibility index (Phi) is 23.0. The van der Waals surface area contributed by atoms with Crippen LogP contribution in [-0.2, 0) is 5.41 Å². The monoisotopic (exact) mass is 1850 g/mol. The molecule has 0 unspecified atom stereocenters. The third-order valence-corrected chi connectivity index (χ3v) is 28.9. The van der Waals surface area contributed by atoms with Gasteiger partial charge in [-0.3, -0.25) is 0 Å². The third-order valence-electron chi connectivity index (χ3n) is 28.9. The van der Waals surface area contributed by atoms with Gasteiger partial charge in [-0.2, -0.15) is 0 Å². The standard InChI is InChI=1S/C55H40N2.2C42H30N2/c1-55(2)49-23-13-11-22-48(49)54-47-21-10-9-20-45(47)53(36-50(54)55)56(41-29-25-39(26-30-41)37-15-5-3-6-16-37)43-33-34-46-44-19-12-14-24-51(44)57(52(46)35-43)42-31-27-40(28-32-42)38-17-7-4-8-18-38;1-3-13-31(14-4-1)33-17-11-19-37(29-33)43(38-20-12-18-34(30-38)32-15-5-2-6-16-32)35-25-27-36(28-26-35)44-41-23-9-7-21-39(41)40-22-8-10-24-42(40)44;1-3-12-31(13-4-1)33-22-24-35(25-23-33)43(38-17-11-16-34(30-38)32-14-5-2-6-15-32)36-26-28-37(29-27-36)44-41-20-9-7-18-39(41)40-19-8-10-21-42(40)44/h3-36H,1-2H3;2*1-30H. The average molecular weight is 1850 g/mol. The van der Waals surface area contributed by atoms with Gasteiger partial charge in [-0.25, -0.2) is 0 Å². The summed E-state index contributed by atoms with van der Waals surface area (Å²) >= 11 is 0. The van der Waals surface area contributed by atoms with E-state index in [9.17, 15) is 0 Å². The van der Waals surface area contributed by atoms with Gasteiger partial charge in [0, 0.05) is 106 Å². The topological polar surface area (TPSA) is 24.5 Å². The summed E-state index contributed by atoms with van der Waals surface area (Å²) in [6.45, 7) is 4.76. The zero-order valence-corrected chi connectivity index (χ0v) is 80.5. The Morgan fingerprint density at radius 1 is 0.152 bits per heavy atom. The molecule has 3 heterocycles. The maximum absolute atomic E-state index is 2.48. The second kappa shape index (κ2) is 38.0. The van der Waals surface area contributed by atoms with E-state index >= 15 is 0 Å². The minimum Gasteiger partial charge on any atom is -0.310 e. The van der Waals surface area contributed by atoms with E-state index in [1.165, 1.54) is 171 Å². The number of hydrogen-bond acceptors (Lipinski definition) is 3. The predicted molar refractivity (Wildman–Crippen MR) is 614 cm³/mol. The molecule has 27 rings (SSSR count). The molecule has 26 aromatic rings. The first-order valence-electron chi connectivity index (χ1n) is 49.9. The van der Waals surface area contributed by atoms with Gasteiger partial charge in [-0.1, -0.05) is 414 Å². The zero-order valence-electron chi connectivity index (χ0n) is 80.5. The van der Waals surface area contributed by atoms with Crippen LogP contribution < -0.4 is 14.7 Å². The Morgan fingerprint density at radius 2 is 0.393 bits per heavy atom. The second-order valence-corrected chi connectivity index (χ2v) is 37.9. The van der Waals surface area contributed by atoms with Crippen molar-refractivity contribution in [1.29, 1.82) is 0 Å². The van der Waals surface area contributed by atoms with Crippen molar-refractivity contribution < 1.29 is 0 Å². The highest BCUT2D eigenvalue weighted by atomic mass is 15.2. The number of hydrogen-bond donors (Lipinski definition) is 0. The van der Waals surface area contributed by atoms with E-state index in [0.717, 1.165) is 62.6 Å². The summed E-state index contributed by atoms with van der Waals surface area (Å²) in [6.07, 6.45) is 0. The first kappa shape index (κ1) is 87.6. The molecule has 0 saturated heterocycles. The van der Waals surface area contributed by atoms with E-state index in [2.05, 4.69) is 612 Å². The molecular weight excluding hydrogens is 1750 g/mol. The van der Waals surface area contributed by atoms with Crippen LogP contribution in [0.25, 0.3) is 171 Å². The third kappa shape index (κ3) is 16.5. The summed E-state index contributed by atoms with van der Waals surface area (Å²) in [6, 6.07) is 206. The lowest BCUT2D eigenvalue weighted by atomic mass is 9.81. The number of benzene rings is 23. The van der Waals surface area contributed by atoms with Crippen molar-refractivity contribution in [3.63, 3.8) is 0 Å². The number of anilines is 9. The fraction of sp³-hybridized carbons (Fsp3) is 0.0216. The lowest BCUT2D eigenvalue weighted by Gasteiger charge is -2.30. The van der Waals surface area contributed by atoms with Crippen LogP contribution in [0.1, 0.15) is 25.0 Å². The molecule has 0 aliphatic heterocycles. The molecule has 0 radical (unpaired) electrons. The van der Waals surface area contributed by atoms with Crippen molar-refractivity contribution in [1.82, 2.24) is 13.7 Å². The van der Waals surface area contributed by atoms with Crippen LogP contribution in [0.4, 0.5) is 51.2 Å². The predicted octanol–water partition coefficient (Wildman–Crippen LogP) is 38.2. The molecule has 0 bridgehead atoms. The Hall–Kier alpha value is -18.9. The highest BCUT2D eigenvalue weighted by Gasteiger charge is 2.38. The lowest BCUT2D eigenvalue weighted by Crippen LogP contribution is -2.17. The van der Waals surface area contributed by atoms with E-state index in [1.54, 1.807) is 0 Å². The van der Waals surface area contributed by atoms with Crippen molar-refractivity contribution in [2.45, 2.75) is 19.3 Å². The fourth-order valence-corrected chi connectivity index (χ4v) is 22.0. The van der Waals surface area contributed by atoms with Crippen LogP contribution in [-0.4, -0.2) is 13.7 Å². The Bertz CT molecular complexity index is 9030. The van der Waals surface area contributed by atoms with Crippen LogP contribution in [0, 0.1) is 0 Å². The largest absolute Gasteiger partial charge is 0.310 e. The van der Waals surface area contributed by atoms with Gasteiger partial charge >= 0.3 is 0 Å². The van der Waals surface area contributed by atoms with Crippen LogP contribution in [0.5, 0.6) is 0 Å². The maximum atomic E-state index is 2.48. The van der Waals surface area contributed by atoms with Gasteiger partial charge in [0.15, 0.2) is 0 Å². The fourth-order valence-electron chi connectivity index (χ4n) is 22.0. The van der Waals surface area contributed by atoms with Gasteiger partial charge in [0.25, 0.3) is 0 Å². The number of rotatable bonds is 18. The molecule has 6 nitrogen and oxygen atoms in total. The molecule has 0 N–H and O–H groups in total. The van der Waals surface area contributed by atoms with Gasteiger partial charge < -0.3 is 28.4 Å². The first-order valence-corrected chi connectivity index (χ1v) is 49.9. The molecule has 23 aromatic carbocycles. The van der Waals surface area contributed by atoms with Crippen molar-refractivity contribution in [3.05, 3.63) is 581 Å². The second-order valence-electron chi connectivity index (χ2n) is 37.9. The Labute approximate surface area is 845 Å². The van der Waals surface area contributed by atoms with Crippen molar-refractivity contribution in [2.24, 2.45) is 0 Å². The lowest BCUT2D eigenvalue weighted by molar-refractivity contribution is 0.661. The average Bonchev–Trinajstić information content (AvgIpc) is 1.55. The van der Waals surface area contributed by atoms with E-state index in [4.69, 9.17) is 0 Å². The smallest absolute Gasteiger partial charge is 0.0561 e. The molecule has 1 aliphatic rings. The van der Waals surface area contributed by atoms with Gasteiger partial charge in [0.2, 0.25) is 0 Å². The number of fused-ring (bicyclic) bond motifs is 14. The minimum atomic E-state index is -0.157. The van der Waals surface area contributed by atoms with Gasteiger partial charge in [-0.15, -0.1) is 0 Å². The molecule has 686 valence electrons. The maximum Gasteiger partial charge on any atom is 0.0561 e. The summed E-state index contributed by atoms with van der Waals surface area (Å²) < 4.78 is 7.16. The number of para-hydroxylation sites is 5. The van der Waals surface area contributed by atoms with Crippen LogP contribution in [0.3, 0.4) is 0 Å².